The molecule has 1 atom stereocenters. The molecule has 2 aliphatic carbocycles. The molecule has 0 unspecified atom stereocenters. The molecule has 3 aliphatic rings. The van der Waals surface area contributed by atoms with E-state index in [2.05, 4.69) is 24.1 Å². The van der Waals surface area contributed by atoms with Crippen molar-refractivity contribution in [2.75, 3.05) is 6.54 Å². The summed E-state index contributed by atoms with van der Waals surface area (Å²) >= 11 is 0. The van der Waals surface area contributed by atoms with Crippen molar-refractivity contribution in [1.29, 1.82) is 0 Å². The van der Waals surface area contributed by atoms with Crippen LogP contribution in [0.4, 0.5) is 0 Å². The Hall–Kier alpha value is -1.36. The van der Waals surface area contributed by atoms with Crippen molar-refractivity contribution >= 4 is 5.91 Å². The topological polar surface area (TPSA) is 50.2 Å². The SMILES string of the molecule is CCc1nn(C)c(CC)c1[C@@H]1NC2(CCCC2)C(=O)N1CC1CC1. The number of carbonyl (C=O) groups excluding carboxylic acids is 1. The van der Waals surface area contributed by atoms with Gasteiger partial charge in [-0.3, -0.25) is 14.8 Å². The smallest absolute Gasteiger partial charge is 0.244 e. The Bertz CT molecular complexity index is 640. The number of hydrogen-bond acceptors (Lipinski definition) is 3. The van der Waals surface area contributed by atoms with E-state index < -0.39 is 0 Å². The second-order valence-corrected chi connectivity index (χ2v) is 7.87. The van der Waals surface area contributed by atoms with Gasteiger partial charge >= 0.3 is 0 Å². The van der Waals surface area contributed by atoms with Crippen molar-refractivity contribution in [1.82, 2.24) is 20.0 Å². The van der Waals surface area contributed by atoms with Gasteiger partial charge in [-0.1, -0.05) is 26.7 Å². The summed E-state index contributed by atoms with van der Waals surface area (Å²) in [4.78, 5) is 15.5. The number of carbonyl (C=O) groups is 1. The van der Waals surface area contributed by atoms with Crippen LogP contribution in [-0.4, -0.2) is 32.7 Å². The molecule has 3 fully saturated rings. The van der Waals surface area contributed by atoms with Gasteiger partial charge in [0.25, 0.3) is 0 Å². The summed E-state index contributed by atoms with van der Waals surface area (Å²) in [5.41, 5.74) is 3.40. The van der Waals surface area contributed by atoms with Crippen LogP contribution in [0.2, 0.25) is 0 Å². The number of aromatic nitrogens is 2. The third-order valence-electron chi connectivity index (χ3n) is 6.23. The standard InChI is InChI=1S/C19H30N4O/c1-4-14-16(15(5-2)22(3)21-14)17-20-19(10-6-7-11-19)18(24)23(17)12-13-8-9-13/h13,17,20H,4-12H2,1-3H3/t17-/m1/s1. The predicted molar refractivity (Wildman–Crippen MR) is 93.5 cm³/mol. The highest BCUT2D eigenvalue weighted by Crippen LogP contribution is 2.44. The first-order valence-corrected chi connectivity index (χ1v) is 9.73. The lowest BCUT2D eigenvalue weighted by atomic mass is 9.98. The van der Waals surface area contributed by atoms with Crippen molar-refractivity contribution < 1.29 is 4.79 Å². The largest absolute Gasteiger partial charge is 0.321 e. The Balaban J connectivity index is 1.75. The van der Waals surface area contributed by atoms with Crippen molar-refractivity contribution in [2.45, 2.75) is 76.9 Å². The Labute approximate surface area is 144 Å². The van der Waals surface area contributed by atoms with Gasteiger partial charge in [0.05, 0.1) is 11.2 Å². The van der Waals surface area contributed by atoms with Crippen LogP contribution in [0.5, 0.6) is 0 Å². The van der Waals surface area contributed by atoms with Gasteiger partial charge in [-0.15, -0.1) is 0 Å². The molecule has 1 aliphatic heterocycles. The maximum Gasteiger partial charge on any atom is 0.244 e. The van der Waals surface area contributed by atoms with Gasteiger partial charge in [-0.2, -0.15) is 5.10 Å². The Morgan fingerprint density at radius 3 is 2.50 bits per heavy atom. The van der Waals surface area contributed by atoms with Crippen LogP contribution in [0, 0.1) is 5.92 Å². The van der Waals surface area contributed by atoms with Gasteiger partial charge < -0.3 is 4.90 Å². The average molecular weight is 330 g/mol. The zero-order valence-corrected chi connectivity index (χ0v) is 15.3. The normalized spacial score (nSPS) is 26.0. The molecule has 24 heavy (non-hydrogen) atoms. The van der Waals surface area contributed by atoms with Gasteiger partial charge in [-0.05, 0) is 44.4 Å². The molecule has 1 N–H and O–H groups in total. The van der Waals surface area contributed by atoms with Crippen LogP contribution in [0.15, 0.2) is 0 Å². The van der Waals surface area contributed by atoms with Crippen LogP contribution in [0.3, 0.4) is 0 Å². The predicted octanol–water partition coefficient (Wildman–Crippen LogP) is 2.70. The fraction of sp³-hybridized carbons (Fsp3) is 0.789. The maximum atomic E-state index is 13.3. The molecule has 0 bridgehead atoms. The molecule has 1 aromatic rings. The van der Waals surface area contributed by atoms with Crippen molar-refractivity contribution in [2.24, 2.45) is 13.0 Å². The van der Waals surface area contributed by atoms with Gasteiger partial charge in [0.15, 0.2) is 0 Å². The second kappa shape index (κ2) is 5.87. The van der Waals surface area contributed by atoms with E-state index in [0.717, 1.165) is 50.8 Å². The van der Waals surface area contributed by atoms with Crippen LogP contribution >= 0.6 is 0 Å². The molecule has 0 radical (unpaired) electrons. The van der Waals surface area contributed by atoms with Gasteiger partial charge in [-0.25, -0.2) is 0 Å². The van der Waals surface area contributed by atoms with Crippen LogP contribution < -0.4 is 5.32 Å². The number of nitrogens with one attached hydrogen (secondary N) is 1. The molecule has 1 amide bonds. The highest BCUT2D eigenvalue weighted by molar-refractivity contribution is 5.89. The molecule has 2 saturated carbocycles. The molecule has 5 heteroatoms. The first-order valence-electron chi connectivity index (χ1n) is 9.73. The lowest BCUT2D eigenvalue weighted by molar-refractivity contribution is -0.133. The summed E-state index contributed by atoms with van der Waals surface area (Å²) in [5.74, 6) is 1.06. The third kappa shape index (κ3) is 2.40. The number of nitrogens with zero attached hydrogens (tertiary/aromatic N) is 3. The number of amides is 1. The van der Waals surface area contributed by atoms with E-state index in [1.807, 2.05) is 11.7 Å². The Morgan fingerprint density at radius 2 is 1.92 bits per heavy atom. The van der Waals surface area contributed by atoms with Gasteiger partial charge in [0.2, 0.25) is 5.91 Å². The minimum atomic E-state index is -0.300. The maximum absolute atomic E-state index is 13.3. The van der Waals surface area contributed by atoms with E-state index in [1.165, 1.54) is 24.1 Å². The van der Waals surface area contributed by atoms with Crippen LogP contribution in [0.1, 0.15) is 75.5 Å². The zero-order chi connectivity index (χ0) is 16.9. The quantitative estimate of drug-likeness (QED) is 0.903. The summed E-state index contributed by atoms with van der Waals surface area (Å²) in [5, 5.41) is 8.55. The molecule has 5 nitrogen and oxygen atoms in total. The summed E-state index contributed by atoms with van der Waals surface area (Å²) in [6.07, 6.45) is 8.76. The van der Waals surface area contributed by atoms with E-state index in [4.69, 9.17) is 5.10 Å². The molecular formula is C19H30N4O. The highest BCUT2D eigenvalue weighted by atomic mass is 16.2. The van der Waals surface area contributed by atoms with E-state index in [1.54, 1.807) is 0 Å². The Morgan fingerprint density at radius 1 is 1.21 bits per heavy atom. The molecule has 2 heterocycles. The summed E-state index contributed by atoms with van der Waals surface area (Å²) < 4.78 is 2.02. The molecule has 0 aromatic carbocycles. The van der Waals surface area contributed by atoms with Crippen LogP contribution in [-0.2, 0) is 24.7 Å². The average Bonchev–Trinajstić information content (AvgIpc) is 3.07. The molecule has 1 aromatic heterocycles. The monoisotopic (exact) mass is 330 g/mol. The van der Waals surface area contributed by atoms with E-state index in [9.17, 15) is 4.79 Å². The van der Waals surface area contributed by atoms with Crippen molar-refractivity contribution in [3.63, 3.8) is 0 Å². The fourth-order valence-electron chi connectivity index (χ4n) is 4.76. The van der Waals surface area contributed by atoms with E-state index in [-0.39, 0.29) is 11.7 Å². The lowest BCUT2D eigenvalue weighted by Gasteiger charge is -2.25. The number of rotatable bonds is 5. The lowest BCUT2D eigenvalue weighted by Crippen LogP contribution is -2.44. The van der Waals surface area contributed by atoms with E-state index >= 15 is 0 Å². The molecular weight excluding hydrogens is 300 g/mol. The second-order valence-electron chi connectivity index (χ2n) is 7.87. The van der Waals surface area contributed by atoms with Gasteiger partial charge in [0.1, 0.15) is 6.17 Å². The zero-order valence-electron chi connectivity index (χ0n) is 15.3. The first-order chi connectivity index (χ1) is 11.6. The molecule has 1 saturated heterocycles. The number of aryl methyl sites for hydroxylation is 2. The summed E-state index contributed by atoms with van der Waals surface area (Å²) in [7, 11) is 2.04. The summed E-state index contributed by atoms with van der Waals surface area (Å²) in [6.45, 7) is 5.27. The first kappa shape index (κ1) is 16.1. The minimum absolute atomic E-state index is 0.0230. The Kier molecular flexibility index (Phi) is 3.94. The summed E-state index contributed by atoms with van der Waals surface area (Å²) in [6, 6.07) is 0. The highest BCUT2D eigenvalue weighted by Gasteiger charge is 2.54. The molecule has 132 valence electrons. The van der Waals surface area contributed by atoms with Crippen molar-refractivity contribution in [3.8, 4) is 0 Å². The fourth-order valence-corrected chi connectivity index (χ4v) is 4.76. The van der Waals surface area contributed by atoms with Gasteiger partial charge in [0, 0.05) is 24.8 Å². The molecule has 4 rings (SSSR count). The third-order valence-corrected chi connectivity index (χ3v) is 6.23. The molecule has 1 spiro atoms. The van der Waals surface area contributed by atoms with Crippen molar-refractivity contribution in [3.05, 3.63) is 17.0 Å². The number of hydrogen-bond donors (Lipinski definition) is 1. The minimum Gasteiger partial charge on any atom is -0.321 e. The van der Waals surface area contributed by atoms with Crippen LogP contribution in [0.25, 0.3) is 0 Å². The van der Waals surface area contributed by atoms with E-state index in [0.29, 0.717) is 11.8 Å².